The number of anilines is 1. The Morgan fingerprint density at radius 2 is 1.86 bits per heavy atom. The van der Waals surface area contributed by atoms with Crippen molar-refractivity contribution in [1.29, 1.82) is 0 Å². The van der Waals surface area contributed by atoms with Crippen molar-refractivity contribution >= 4 is 17.5 Å². The molecule has 4 nitrogen and oxygen atoms in total. The minimum Gasteiger partial charge on any atom is -0.350 e. The van der Waals surface area contributed by atoms with Crippen LogP contribution in [0.2, 0.25) is 0 Å². The summed E-state index contributed by atoms with van der Waals surface area (Å²) >= 11 is 0. The molecule has 1 fully saturated rings. The number of aryl methyl sites for hydroxylation is 1. The van der Waals surface area contributed by atoms with Crippen molar-refractivity contribution in [3.8, 4) is 0 Å². The van der Waals surface area contributed by atoms with Crippen LogP contribution in [0.4, 0.5) is 5.69 Å². The maximum absolute atomic E-state index is 12.4. The van der Waals surface area contributed by atoms with Crippen LogP contribution in [0, 0.1) is 18.3 Å². The van der Waals surface area contributed by atoms with Crippen LogP contribution in [0.15, 0.2) is 18.2 Å². The molecule has 1 aromatic rings. The van der Waals surface area contributed by atoms with Gasteiger partial charge in [-0.3, -0.25) is 9.59 Å². The number of benzene rings is 1. The highest BCUT2D eigenvalue weighted by atomic mass is 16.2. The van der Waals surface area contributed by atoms with Crippen molar-refractivity contribution in [3.63, 3.8) is 0 Å². The zero-order chi connectivity index (χ0) is 16.5. The first kappa shape index (κ1) is 16.5. The van der Waals surface area contributed by atoms with Crippen molar-refractivity contribution in [2.45, 2.75) is 53.5 Å². The first-order chi connectivity index (χ1) is 10.2. The van der Waals surface area contributed by atoms with Gasteiger partial charge in [0, 0.05) is 22.7 Å². The lowest BCUT2D eigenvalue weighted by Gasteiger charge is -2.23. The molecule has 0 spiro atoms. The lowest BCUT2D eigenvalue weighted by Crippen LogP contribution is -2.33. The zero-order valence-corrected chi connectivity index (χ0v) is 14.1. The van der Waals surface area contributed by atoms with Gasteiger partial charge < -0.3 is 10.6 Å². The molecular formula is C18H26N2O2. The Balaban J connectivity index is 2.09. The standard InChI is InChI=1S/C18H26N2O2/c1-11(2)19-16(21)15-9-8-14(10-12(15)3)20-17(22)18(4,5)13-6-7-13/h8-11,13H,6-7H2,1-5H3,(H,19,21)(H,20,22). The van der Waals surface area contributed by atoms with Gasteiger partial charge in [0.15, 0.2) is 0 Å². The summed E-state index contributed by atoms with van der Waals surface area (Å²) in [6.07, 6.45) is 2.27. The van der Waals surface area contributed by atoms with E-state index in [1.54, 1.807) is 12.1 Å². The highest BCUT2D eigenvalue weighted by Crippen LogP contribution is 2.45. The molecule has 1 aliphatic rings. The Kier molecular flexibility index (Phi) is 4.59. The van der Waals surface area contributed by atoms with E-state index in [1.807, 2.05) is 40.7 Å². The molecule has 2 N–H and O–H groups in total. The van der Waals surface area contributed by atoms with E-state index in [2.05, 4.69) is 10.6 Å². The molecule has 2 rings (SSSR count). The summed E-state index contributed by atoms with van der Waals surface area (Å²) < 4.78 is 0. The van der Waals surface area contributed by atoms with Crippen LogP contribution in [-0.4, -0.2) is 17.9 Å². The van der Waals surface area contributed by atoms with Gasteiger partial charge in [-0.2, -0.15) is 0 Å². The minimum absolute atomic E-state index is 0.0498. The molecule has 120 valence electrons. The summed E-state index contributed by atoms with van der Waals surface area (Å²) in [6, 6.07) is 5.53. The molecular weight excluding hydrogens is 276 g/mol. The van der Waals surface area contributed by atoms with Crippen molar-refractivity contribution in [2.24, 2.45) is 11.3 Å². The Bertz CT molecular complexity index is 587. The van der Waals surface area contributed by atoms with Crippen molar-refractivity contribution in [1.82, 2.24) is 5.32 Å². The molecule has 0 atom stereocenters. The fourth-order valence-electron chi connectivity index (χ4n) is 2.62. The van der Waals surface area contributed by atoms with Crippen molar-refractivity contribution < 1.29 is 9.59 Å². The quantitative estimate of drug-likeness (QED) is 0.874. The second kappa shape index (κ2) is 6.11. The van der Waals surface area contributed by atoms with Gasteiger partial charge in [-0.15, -0.1) is 0 Å². The number of hydrogen-bond acceptors (Lipinski definition) is 2. The molecule has 22 heavy (non-hydrogen) atoms. The van der Waals surface area contributed by atoms with E-state index in [-0.39, 0.29) is 23.3 Å². The summed E-state index contributed by atoms with van der Waals surface area (Å²) in [5.74, 6) is 0.460. The summed E-state index contributed by atoms with van der Waals surface area (Å²) in [5, 5.41) is 5.86. The second-order valence-corrected chi connectivity index (χ2v) is 7.11. The van der Waals surface area contributed by atoms with Crippen LogP contribution < -0.4 is 10.6 Å². The highest BCUT2D eigenvalue weighted by molar-refractivity contribution is 5.98. The Morgan fingerprint density at radius 1 is 1.23 bits per heavy atom. The van der Waals surface area contributed by atoms with E-state index >= 15 is 0 Å². The van der Waals surface area contributed by atoms with Crippen molar-refractivity contribution in [3.05, 3.63) is 29.3 Å². The number of carbonyl (C=O) groups excluding carboxylic acids is 2. The fourth-order valence-corrected chi connectivity index (χ4v) is 2.62. The molecule has 1 aliphatic carbocycles. The lowest BCUT2D eigenvalue weighted by molar-refractivity contribution is -0.124. The number of carbonyl (C=O) groups is 2. The molecule has 0 bridgehead atoms. The van der Waals surface area contributed by atoms with Crippen LogP contribution in [0.1, 0.15) is 56.5 Å². The Labute approximate surface area is 132 Å². The normalized spacial score (nSPS) is 14.8. The van der Waals surface area contributed by atoms with Crippen LogP contribution >= 0.6 is 0 Å². The van der Waals surface area contributed by atoms with E-state index in [1.165, 1.54) is 0 Å². The number of hydrogen-bond donors (Lipinski definition) is 2. The van der Waals surface area contributed by atoms with E-state index in [0.29, 0.717) is 11.5 Å². The van der Waals surface area contributed by atoms with Crippen LogP contribution in [-0.2, 0) is 4.79 Å². The van der Waals surface area contributed by atoms with Gasteiger partial charge in [-0.25, -0.2) is 0 Å². The first-order valence-electron chi connectivity index (χ1n) is 7.94. The lowest BCUT2D eigenvalue weighted by atomic mass is 9.86. The summed E-state index contributed by atoms with van der Waals surface area (Å²) in [5.41, 5.74) is 1.92. The minimum atomic E-state index is -0.332. The Hall–Kier alpha value is -1.84. The SMILES string of the molecule is Cc1cc(NC(=O)C(C)(C)C2CC2)ccc1C(=O)NC(C)C. The van der Waals surface area contributed by atoms with Gasteiger partial charge in [-0.05, 0) is 63.3 Å². The fraction of sp³-hybridized carbons (Fsp3) is 0.556. The predicted molar refractivity (Wildman–Crippen MR) is 88.9 cm³/mol. The van der Waals surface area contributed by atoms with Gasteiger partial charge in [-0.1, -0.05) is 13.8 Å². The summed E-state index contributed by atoms with van der Waals surface area (Å²) in [6.45, 7) is 9.75. The van der Waals surface area contributed by atoms with E-state index < -0.39 is 0 Å². The Morgan fingerprint density at radius 3 is 2.36 bits per heavy atom. The van der Waals surface area contributed by atoms with E-state index in [9.17, 15) is 9.59 Å². The van der Waals surface area contributed by atoms with Gasteiger partial charge >= 0.3 is 0 Å². The maximum Gasteiger partial charge on any atom is 0.251 e. The maximum atomic E-state index is 12.4. The molecule has 0 saturated heterocycles. The highest BCUT2D eigenvalue weighted by Gasteiger charge is 2.43. The predicted octanol–water partition coefficient (Wildman–Crippen LogP) is 3.51. The third kappa shape index (κ3) is 3.67. The average Bonchev–Trinajstić information content (AvgIpc) is 3.22. The smallest absolute Gasteiger partial charge is 0.251 e. The third-order valence-electron chi connectivity index (χ3n) is 4.33. The molecule has 2 amide bonds. The topological polar surface area (TPSA) is 58.2 Å². The molecule has 0 radical (unpaired) electrons. The second-order valence-electron chi connectivity index (χ2n) is 7.11. The number of amides is 2. The van der Waals surface area contributed by atoms with Gasteiger partial charge in [0.2, 0.25) is 5.91 Å². The molecule has 0 aliphatic heterocycles. The van der Waals surface area contributed by atoms with E-state index in [0.717, 1.165) is 24.1 Å². The molecule has 0 aromatic heterocycles. The molecule has 0 unspecified atom stereocenters. The monoisotopic (exact) mass is 302 g/mol. The van der Waals surface area contributed by atoms with Crippen LogP contribution in [0.25, 0.3) is 0 Å². The third-order valence-corrected chi connectivity index (χ3v) is 4.33. The van der Waals surface area contributed by atoms with Crippen molar-refractivity contribution in [2.75, 3.05) is 5.32 Å². The summed E-state index contributed by atoms with van der Waals surface area (Å²) in [7, 11) is 0. The zero-order valence-electron chi connectivity index (χ0n) is 14.1. The molecule has 4 heteroatoms. The molecule has 1 aromatic carbocycles. The largest absolute Gasteiger partial charge is 0.350 e. The van der Waals surface area contributed by atoms with Gasteiger partial charge in [0.25, 0.3) is 5.91 Å². The van der Waals surface area contributed by atoms with Gasteiger partial charge in [0.05, 0.1) is 0 Å². The molecule has 1 saturated carbocycles. The number of nitrogens with one attached hydrogen (secondary N) is 2. The summed E-state index contributed by atoms with van der Waals surface area (Å²) in [4.78, 5) is 24.5. The van der Waals surface area contributed by atoms with Crippen LogP contribution in [0.3, 0.4) is 0 Å². The molecule has 0 heterocycles. The van der Waals surface area contributed by atoms with E-state index in [4.69, 9.17) is 0 Å². The van der Waals surface area contributed by atoms with Gasteiger partial charge in [0.1, 0.15) is 0 Å². The average molecular weight is 302 g/mol. The first-order valence-corrected chi connectivity index (χ1v) is 7.94. The van der Waals surface area contributed by atoms with Crippen LogP contribution in [0.5, 0.6) is 0 Å². The number of rotatable bonds is 5.